The molecule has 1 aromatic heterocycles. The highest BCUT2D eigenvalue weighted by Crippen LogP contribution is 2.05. The van der Waals surface area contributed by atoms with E-state index in [2.05, 4.69) is 4.98 Å². The zero-order valence-electron chi connectivity index (χ0n) is 8.20. The average Bonchev–Trinajstić information content (AvgIpc) is 2.22. The Hall–Kier alpha value is -1.47. The number of rotatable bonds is 4. The Balaban J connectivity index is 3.28. The van der Waals surface area contributed by atoms with E-state index in [1.807, 2.05) is 0 Å². The van der Waals surface area contributed by atoms with Crippen molar-refractivity contribution in [2.75, 3.05) is 13.7 Å². The second kappa shape index (κ2) is 4.85. The Kier molecular flexibility index (Phi) is 3.75. The number of nitrogens with two attached hydrogens (primary N) is 1. The standard InChI is InChI=1S/C8H12FN3O3/c1-15-6(2-3-10)12-7(13)5(9)4-11-8(12)14/h4,6H,2-3,10H2,1H3,(H,11,14). The Bertz CT molecular complexity index is 439. The van der Waals surface area contributed by atoms with Crippen molar-refractivity contribution >= 4 is 0 Å². The minimum absolute atomic E-state index is 0.223. The van der Waals surface area contributed by atoms with Gasteiger partial charge in [-0.15, -0.1) is 0 Å². The second-order valence-corrected chi connectivity index (χ2v) is 2.88. The molecule has 0 fully saturated rings. The van der Waals surface area contributed by atoms with E-state index in [9.17, 15) is 14.0 Å². The van der Waals surface area contributed by atoms with Gasteiger partial charge in [0.15, 0.2) is 0 Å². The quantitative estimate of drug-likeness (QED) is 0.688. The number of ether oxygens (including phenoxy) is 1. The van der Waals surface area contributed by atoms with Gasteiger partial charge in [-0.05, 0) is 6.54 Å². The lowest BCUT2D eigenvalue weighted by atomic mass is 10.3. The van der Waals surface area contributed by atoms with E-state index in [-0.39, 0.29) is 13.0 Å². The SMILES string of the molecule is COC(CCN)n1c(=O)[nH]cc(F)c1=O. The molecule has 7 heteroatoms. The van der Waals surface area contributed by atoms with Gasteiger partial charge in [0.2, 0.25) is 5.82 Å². The fourth-order valence-electron chi connectivity index (χ4n) is 1.22. The van der Waals surface area contributed by atoms with Crippen LogP contribution in [0.25, 0.3) is 0 Å². The molecule has 0 amide bonds. The molecule has 1 unspecified atom stereocenters. The van der Waals surface area contributed by atoms with Crippen molar-refractivity contribution in [3.8, 4) is 0 Å². The number of nitrogens with one attached hydrogen (secondary N) is 1. The molecule has 1 atom stereocenters. The number of methoxy groups -OCH3 is 1. The number of H-pyrrole nitrogens is 1. The first kappa shape index (κ1) is 11.6. The topological polar surface area (TPSA) is 90.1 Å². The predicted molar refractivity (Wildman–Crippen MR) is 51.0 cm³/mol. The molecule has 6 nitrogen and oxygen atoms in total. The van der Waals surface area contributed by atoms with E-state index < -0.39 is 23.3 Å². The highest BCUT2D eigenvalue weighted by atomic mass is 19.1. The molecule has 0 bridgehead atoms. The van der Waals surface area contributed by atoms with Crippen LogP contribution in [0, 0.1) is 5.82 Å². The zero-order valence-corrected chi connectivity index (χ0v) is 8.20. The molecule has 1 heterocycles. The molecule has 1 rings (SSSR count). The molecular formula is C8H12FN3O3. The Morgan fingerprint density at radius 2 is 2.33 bits per heavy atom. The predicted octanol–water partition coefficient (Wildman–Crippen LogP) is -0.831. The zero-order chi connectivity index (χ0) is 11.4. The van der Waals surface area contributed by atoms with Crippen molar-refractivity contribution in [2.45, 2.75) is 12.6 Å². The van der Waals surface area contributed by atoms with Gasteiger partial charge in [0.1, 0.15) is 6.23 Å². The maximum atomic E-state index is 12.9. The number of hydrogen-bond acceptors (Lipinski definition) is 4. The first-order valence-corrected chi connectivity index (χ1v) is 4.34. The molecule has 1 aromatic rings. The van der Waals surface area contributed by atoms with Gasteiger partial charge in [0.25, 0.3) is 5.56 Å². The van der Waals surface area contributed by atoms with Crippen LogP contribution in [0.5, 0.6) is 0 Å². The summed E-state index contributed by atoms with van der Waals surface area (Å²) in [4.78, 5) is 24.7. The van der Waals surface area contributed by atoms with Gasteiger partial charge in [-0.3, -0.25) is 4.79 Å². The van der Waals surface area contributed by atoms with Crippen molar-refractivity contribution in [3.05, 3.63) is 32.9 Å². The Morgan fingerprint density at radius 1 is 1.67 bits per heavy atom. The third-order valence-electron chi connectivity index (χ3n) is 1.94. The molecule has 0 spiro atoms. The summed E-state index contributed by atoms with van der Waals surface area (Å²) in [7, 11) is 1.32. The summed E-state index contributed by atoms with van der Waals surface area (Å²) in [6, 6.07) is 0. The minimum Gasteiger partial charge on any atom is -0.361 e. The largest absolute Gasteiger partial charge is 0.361 e. The van der Waals surface area contributed by atoms with Gasteiger partial charge in [-0.25, -0.2) is 9.36 Å². The smallest absolute Gasteiger partial charge is 0.330 e. The molecule has 0 saturated heterocycles. The van der Waals surface area contributed by atoms with Gasteiger partial charge in [0, 0.05) is 19.7 Å². The first-order chi connectivity index (χ1) is 7.11. The van der Waals surface area contributed by atoms with E-state index in [0.717, 1.165) is 6.20 Å². The lowest BCUT2D eigenvalue weighted by molar-refractivity contribution is 0.0314. The van der Waals surface area contributed by atoms with E-state index >= 15 is 0 Å². The van der Waals surface area contributed by atoms with E-state index in [4.69, 9.17) is 10.5 Å². The molecule has 0 saturated carbocycles. The van der Waals surface area contributed by atoms with Crippen LogP contribution in [0.3, 0.4) is 0 Å². The van der Waals surface area contributed by atoms with E-state index in [1.54, 1.807) is 0 Å². The molecule has 0 aromatic carbocycles. The molecule has 15 heavy (non-hydrogen) atoms. The van der Waals surface area contributed by atoms with Crippen LogP contribution in [0.4, 0.5) is 4.39 Å². The van der Waals surface area contributed by atoms with Gasteiger partial charge in [0.05, 0.1) is 0 Å². The number of aromatic amines is 1. The molecule has 0 aliphatic heterocycles. The summed E-state index contributed by atoms with van der Waals surface area (Å²) in [6.07, 6.45) is 0.126. The fourth-order valence-corrected chi connectivity index (χ4v) is 1.22. The maximum Gasteiger partial charge on any atom is 0.330 e. The summed E-state index contributed by atoms with van der Waals surface area (Å²) < 4.78 is 18.5. The lowest BCUT2D eigenvalue weighted by Crippen LogP contribution is -2.40. The number of halogens is 1. The molecule has 0 aliphatic rings. The number of aromatic nitrogens is 2. The lowest BCUT2D eigenvalue weighted by Gasteiger charge is -2.15. The van der Waals surface area contributed by atoms with Gasteiger partial charge < -0.3 is 15.5 Å². The first-order valence-electron chi connectivity index (χ1n) is 4.34. The maximum absolute atomic E-state index is 12.9. The number of nitrogens with zero attached hydrogens (tertiary/aromatic N) is 1. The highest BCUT2D eigenvalue weighted by Gasteiger charge is 2.15. The average molecular weight is 217 g/mol. The highest BCUT2D eigenvalue weighted by molar-refractivity contribution is 4.88. The molecule has 0 radical (unpaired) electrons. The monoisotopic (exact) mass is 217 g/mol. The third kappa shape index (κ3) is 2.31. The van der Waals surface area contributed by atoms with Crippen molar-refractivity contribution in [3.63, 3.8) is 0 Å². The second-order valence-electron chi connectivity index (χ2n) is 2.88. The van der Waals surface area contributed by atoms with E-state index in [0.29, 0.717) is 4.57 Å². The summed E-state index contributed by atoms with van der Waals surface area (Å²) in [5.74, 6) is -1.03. The van der Waals surface area contributed by atoms with Crippen molar-refractivity contribution in [2.24, 2.45) is 5.73 Å². The molecule has 84 valence electrons. The van der Waals surface area contributed by atoms with Crippen LogP contribution in [0.15, 0.2) is 15.8 Å². The summed E-state index contributed by atoms with van der Waals surface area (Å²) >= 11 is 0. The van der Waals surface area contributed by atoms with Gasteiger partial charge in [-0.2, -0.15) is 4.39 Å². The number of hydrogen-bond donors (Lipinski definition) is 2. The van der Waals surface area contributed by atoms with Crippen LogP contribution < -0.4 is 17.0 Å². The normalized spacial score (nSPS) is 12.7. The fraction of sp³-hybridized carbons (Fsp3) is 0.500. The van der Waals surface area contributed by atoms with E-state index in [1.165, 1.54) is 7.11 Å². The van der Waals surface area contributed by atoms with Crippen LogP contribution >= 0.6 is 0 Å². The van der Waals surface area contributed by atoms with Crippen molar-refractivity contribution in [1.29, 1.82) is 0 Å². The minimum atomic E-state index is -1.03. The third-order valence-corrected chi connectivity index (χ3v) is 1.94. The van der Waals surface area contributed by atoms with Crippen LogP contribution in [-0.2, 0) is 4.74 Å². The van der Waals surface area contributed by atoms with Crippen LogP contribution in [-0.4, -0.2) is 23.2 Å². The van der Waals surface area contributed by atoms with Crippen molar-refractivity contribution < 1.29 is 9.13 Å². The Labute approximate surface area is 84.5 Å². The molecular weight excluding hydrogens is 205 g/mol. The van der Waals surface area contributed by atoms with Gasteiger partial charge >= 0.3 is 5.69 Å². The van der Waals surface area contributed by atoms with Crippen LogP contribution in [0.1, 0.15) is 12.6 Å². The van der Waals surface area contributed by atoms with Crippen LogP contribution in [0.2, 0.25) is 0 Å². The molecule has 0 aliphatic carbocycles. The van der Waals surface area contributed by atoms with Crippen molar-refractivity contribution in [1.82, 2.24) is 9.55 Å². The molecule has 3 N–H and O–H groups in total. The van der Waals surface area contributed by atoms with Gasteiger partial charge in [-0.1, -0.05) is 0 Å². The Morgan fingerprint density at radius 3 is 2.87 bits per heavy atom. The summed E-state index contributed by atoms with van der Waals surface area (Å²) in [6.45, 7) is 0.223. The summed E-state index contributed by atoms with van der Waals surface area (Å²) in [5.41, 5.74) is 3.54. The summed E-state index contributed by atoms with van der Waals surface area (Å²) in [5, 5.41) is 0.